The van der Waals surface area contributed by atoms with Crippen LogP contribution in [0, 0.1) is 5.82 Å². The van der Waals surface area contributed by atoms with Crippen molar-refractivity contribution in [3.8, 4) is 0 Å². The molecule has 1 aromatic heterocycles. The largest absolute Gasteiger partial charge is 0.323 e. The number of nitrogens with one attached hydrogen (secondary N) is 2. The smallest absolute Gasteiger partial charge is 0.321 e. The van der Waals surface area contributed by atoms with Crippen LogP contribution < -0.4 is 10.9 Å². The summed E-state index contributed by atoms with van der Waals surface area (Å²) in [6.07, 6.45) is 0. The summed E-state index contributed by atoms with van der Waals surface area (Å²) in [5.74, 6) is -0.499. The summed E-state index contributed by atoms with van der Waals surface area (Å²) >= 11 is 0. The second kappa shape index (κ2) is 6.54. The van der Waals surface area contributed by atoms with Gasteiger partial charge in [0.2, 0.25) is 5.56 Å². The van der Waals surface area contributed by atoms with Gasteiger partial charge < -0.3 is 15.2 Å². The zero-order valence-corrected chi connectivity index (χ0v) is 13.0. The number of pyridine rings is 1. The third kappa shape index (κ3) is 3.27. The monoisotopic (exact) mass is 325 g/mol. The summed E-state index contributed by atoms with van der Waals surface area (Å²) in [5.41, 5.74) is 1.32. The van der Waals surface area contributed by atoms with Gasteiger partial charge in [0.1, 0.15) is 5.82 Å². The molecule has 0 saturated carbocycles. The molecule has 122 valence electrons. The zero-order chi connectivity index (χ0) is 17.1. The average molecular weight is 325 g/mol. The summed E-state index contributed by atoms with van der Waals surface area (Å²) in [6.45, 7) is 0.227. The first-order valence-corrected chi connectivity index (χ1v) is 7.42. The van der Waals surface area contributed by atoms with E-state index >= 15 is 0 Å². The second-order valence-corrected chi connectivity index (χ2v) is 5.47. The van der Waals surface area contributed by atoms with Gasteiger partial charge in [0.15, 0.2) is 0 Å². The molecule has 0 fully saturated rings. The number of halogens is 1. The number of aromatic amines is 1. The van der Waals surface area contributed by atoms with E-state index in [1.807, 2.05) is 18.2 Å². The molecule has 0 bridgehead atoms. The van der Waals surface area contributed by atoms with Gasteiger partial charge in [-0.3, -0.25) is 4.79 Å². The molecule has 0 atom stereocenters. The Hall–Kier alpha value is -3.15. The van der Waals surface area contributed by atoms with E-state index in [1.54, 1.807) is 25.2 Å². The van der Waals surface area contributed by atoms with E-state index in [1.165, 1.54) is 23.1 Å². The van der Waals surface area contributed by atoms with E-state index in [9.17, 15) is 14.0 Å². The van der Waals surface area contributed by atoms with Crippen LogP contribution in [0.5, 0.6) is 0 Å². The molecular weight excluding hydrogens is 309 g/mol. The number of benzene rings is 2. The quantitative estimate of drug-likeness (QED) is 0.776. The van der Waals surface area contributed by atoms with E-state index in [-0.39, 0.29) is 17.8 Å². The lowest BCUT2D eigenvalue weighted by molar-refractivity contribution is 0.220. The Morgan fingerprint density at radius 3 is 2.67 bits per heavy atom. The van der Waals surface area contributed by atoms with Crippen molar-refractivity contribution in [3.05, 3.63) is 76.3 Å². The molecular formula is C18H16FN3O2. The lowest BCUT2D eigenvalue weighted by atomic mass is 10.1. The highest BCUT2D eigenvalue weighted by Crippen LogP contribution is 2.17. The van der Waals surface area contributed by atoms with E-state index in [4.69, 9.17) is 0 Å². The van der Waals surface area contributed by atoms with E-state index in [0.29, 0.717) is 5.52 Å². The van der Waals surface area contributed by atoms with Crippen LogP contribution in [-0.2, 0) is 6.54 Å². The van der Waals surface area contributed by atoms with Gasteiger partial charge in [-0.25, -0.2) is 9.18 Å². The van der Waals surface area contributed by atoms with E-state index in [2.05, 4.69) is 10.3 Å². The Labute approximate surface area is 137 Å². The molecule has 0 aliphatic carbocycles. The number of aromatic nitrogens is 1. The lowest BCUT2D eigenvalue weighted by Crippen LogP contribution is -2.31. The fourth-order valence-electron chi connectivity index (χ4n) is 2.51. The lowest BCUT2D eigenvalue weighted by Gasteiger charge is -2.19. The predicted molar refractivity (Wildman–Crippen MR) is 91.5 cm³/mol. The first-order valence-electron chi connectivity index (χ1n) is 7.42. The van der Waals surface area contributed by atoms with Gasteiger partial charge in [0.25, 0.3) is 0 Å². The number of hydrogen-bond acceptors (Lipinski definition) is 2. The Morgan fingerprint density at radius 2 is 1.88 bits per heavy atom. The molecule has 0 aliphatic heterocycles. The number of H-pyrrole nitrogens is 1. The van der Waals surface area contributed by atoms with Crippen LogP contribution in [0.15, 0.2) is 59.4 Å². The predicted octanol–water partition coefficient (Wildman–Crippen LogP) is 3.33. The van der Waals surface area contributed by atoms with Crippen LogP contribution in [-0.4, -0.2) is 23.0 Å². The van der Waals surface area contributed by atoms with Gasteiger partial charge in [0.05, 0.1) is 5.69 Å². The maximum Gasteiger partial charge on any atom is 0.321 e. The maximum absolute atomic E-state index is 13.6. The van der Waals surface area contributed by atoms with E-state index < -0.39 is 11.8 Å². The van der Waals surface area contributed by atoms with Crippen LogP contribution in [0.4, 0.5) is 14.9 Å². The van der Waals surface area contributed by atoms with Crippen LogP contribution in [0.1, 0.15) is 5.56 Å². The molecule has 0 radical (unpaired) electrons. The Balaban J connectivity index is 1.82. The number of urea groups is 1. The normalized spacial score (nSPS) is 10.6. The van der Waals surface area contributed by atoms with Crippen molar-refractivity contribution in [2.75, 3.05) is 12.4 Å². The highest BCUT2D eigenvalue weighted by molar-refractivity contribution is 5.89. The molecule has 3 aromatic rings. The first kappa shape index (κ1) is 15.7. The second-order valence-electron chi connectivity index (χ2n) is 5.47. The summed E-state index contributed by atoms with van der Waals surface area (Å²) in [6, 6.07) is 14.4. The summed E-state index contributed by atoms with van der Waals surface area (Å²) in [4.78, 5) is 28.2. The minimum atomic E-state index is -0.499. The summed E-state index contributed by atoms with van der Waals surface area (Å²) in [5, 5.41) is 3.38. The molecule has 0 aliphatic rings. The van der Waals surface area contributed by atoms with Gasteiger partial charge in [-0.15, -0.1) is 0 Å². The average Bonchev–Trinajstić information content (AvgIpc) is 2.56. The molecule has 3 rings (SSSR count). The van der Waals surface area contributed by atoms with Gasteiger partial charge in [0, 0.05) is 30.6 Å². The van der Waals surface area contributed by atoms with Crippen molar-refractivity contribution in [2.45, 2.75) is 6.54 Å². The Bertz CT molecular complexity index is 952. The Morgan fingerprint density at radius 1 is 1.17 bits per heavy atom. The number of amides is 2. The molecule has 2 aromatic carbocycles. The minimum absolute atomic E-state index is 0.116. The first-order chi connectivity index (χ1) is 11.5. The topological polar surface area (TPSA) is 65.2 Å². The van der Waals surface area contributed by atoms with E-state index in [0.717, 1.165) is 10.9 Å². The number of fused-ring (bicyclic) bond motifs is 1. The molecule has 2 amide bonds. The Kier molecular flexibility index (Phi) is 4.29. The molecule has 0 saturated heterocycles. The fourth-order valence-corrected chi connectivity index (χ4v) is 2.51. The summed E-state index contributed by atoms with van der Waals surface area (Å²) < 4.78 is 13.6. The molecule has 2 N–H and O–H groups in total. The van der Waals surface area contributed by atoms with Gasteiger partial charge >= 0.3 is 6.03 Å². The van der Waals surface area contributed by atoms with Crippen molar-refractivity contribution in [1.82, 2.24) is 9.88 Å². The fraction of sp³-hybridized carbons (Fsp3) is 0.111. The maximum atomic E-state index is 13.6. The van der Waals surface area contributed by atoms with Gasteiger partial charge in [-0.2, -0.15) is 0 Å². The SMILES string of the molecule is CN(Cc1cc(=O)[nH]c2ccccc12)C(=O)Nc1ccccc1F. The zero-order valence-electron chi connectivity index (χ0n) is 13.0. The van der Waals surface area contributed by atoms with Crippen LogP contribution >= 0.6 is 0 Å². The highest BCUT2D eigenvalue weighted by Gasteiger charge is 2.13. The molecule has 24 heavy (non-hydrogen) atoms. The highest BCUT2D eigenvalue weighted by atomic mass is 19.1. The number of hydrogen-bond donors (Lipinski definition) is 2. The molecule has 0 spiro atoms. The third-order valence-electron chi connectivity index (χ3n) is 3.71. The number of nitrogens with zero attached hydrogens (tertiary/aromatic N) is 1. The number of carbonyl (C=O) groups is 1. The van der Waals surface area contributed by atoms with Crippen LogP contribution in [0.2, 0.25) is 0 Å². The number of rotatable bonds is 3. The van der Waals surface area contributed by atoms with Crippen molar-refractivity contribution in [1.29, 1.82) is 0 Å². The van der Waals surface area contributed by atoms with Gasteiger partial charge in [-0.05, 0) is 23.8 Å². The summed E-state index contributed by atoms with van der Waals surface area (Å²) in [7, 11) is 1.59. The van der Waals surface area contributed by atoms with Crippen molar-refractivity contribution < 1.29 is 9.18 Å². The molecule has 6 heteroatoms. The molecule has 5 nitrogen and oxygen atoms in total. The number of carbonyl (C=O) groups excluding carboxylic acids is 1. The van der Waals surface area contributed by atoms with Gasteiger partial charge in [-0.1, -0.05) is 30.3 Å². The molecule has 1 heterocycles. The van der Waals surface area contributed by atoms with Crippen LogP contribution in [0.25, 0.3) is 10.9 Å². The van der Waals surface area contributed by atoms with Crippen molar-refractivity contribution in [3.63, 3.8) is 0 Å². The molecule has 0 unspecified atom stereocenters. The number of para-hydroxylation sites is 2. The number of anilines is 1. The standard InChI is InChI=1S/C18H16FN3O2/c1-22(18(24)21-16-9-5-3-7-14(16)19)11-12-10-17(23)20-15-8-4-2-6-13(12)15/h2-10H,11H2,1H3,(H,20,23)(H,21,24). The minimum Gasteiger partial charge on any atom is -0.323 e. The van der Waals surface area contributed by atoms with Crippen molar-refractivity contribution >= 4 is 22.6 Å². The third-order valence-corrected chi connectivity index (χ3v) is 3.71. The van der Waals surface area contributed by atoms with Crippen molar-refractivity contribution in [2.24, 2.45) is 0 Å². The van der Waals surface area contributed by atoms with Crippen LogP contribution in [0.3, 0.4) is 0 Å².